The zero-order valence-corrected chi connectivity index (χ0v) is 8.27. The first kappa shape index (κ1) is 9.16. The second-order valence-corrected chi connectivity index (χ2v) is 3.72. The Morgan fingerprint density at radius 2 is 2.14 bits per heavy atom. The zero-order chi connectivity index (χ0) is 9.97. The van der Waals surface area contributed by atoms with E-state index in [9.17, 15) is 0 Å². The highest BCUT2D eigenvalue weighted by Gasteiger charge is 1.99. The van der Waals surface area contributed by atoms with Crippen LogP contribution in [0.5, 0.6) is 0 Å². The number of aromatic nitrogens is 1. The lowest BCUT2D eigenvalue weighted by Gasteiger charge is -2.05. The van der Waals surface area contributed by atoms with Gasteiger partial charge in [-0.25, -0.2) is 0 Å². The fraction of sp³-hybridized carbons (Fsp3) is 0.250. The molecule has 2 heteroatoms. The largest absolute Gasteiger partial charge is 0.328 e. The maximum atomic E-state index is 5.74. The molecule has 0 radical (unpaired) electrons. The van der Waals surface area contributed by atoms with Crippen LogP contribution in [0.15, 0.2) is 36.5 Å². The number of hydrogen-bond acceptors (Lipinski definition) is 2. The van der Waals surface area contributed by atoms with Crippen molar-refractivity contribution < 1.29 is 0 Å². The van der Waals surface area contributed by atoms with E-state index >= 15 is 0 Å². The highest BCUT2D eigenvalue weighted by atomic mass is 14.7. The lowest BCUT2D eigenvalue weighted by molar-refractivity contribution is 0.737. The van der Waals surface area contributed by atoms with Gasteiger partial charge in [-0.1, -0.05) is 18.2 Å². The average molecular weight is 186 g/mol. The standard InChI is InChI=1S/C12H14N2/c1-9(13)6-10-7-11-4-2-3-5-12(11)14-8-10/h2-5,7-9H,6,13H2,1H3/t9-/m0/s1. The van der Waals surface area contributed by atoms with Crippen molar-refractivity contribution in [2.24, 2.45) is 5.73 Å². The van der Waals surface area contributed by atoms with Crippen molar-refractivity contribution in [3.8, 4) is 0 Å². The van der Waals surface area contributed by atoms with Crippen molar-refractivity contribution in [2.45, 2.75) is 19.4 Å². The average Bonchev–Trinajstić information content (AvgIpc) is 2.17. The van der Waals surface area contributed by atoms with Crippen molar-refractivity contribution in [1.29, 1.82) is 0 Å². The van der Waals surface area contributed by atoms with Crippen LogP contribution in [0.3, 0.4) is 0 Å². The summed E-state index contributed by atoms with van der Waals surface area (Å²) in [6, 6.07) is 10.5. The molecule has 1 aromatic heterocycles. The van der Waals surface area contributed by atoms with Crippen LogP contribution in [0.4, 0.5) is 0 Å². The minimum absolute atomic E-state index is 0.193. The molecule has 1 atom stereocenters. The Kier molecular flexibility index (Phi) is 2.46. The van der Waals surface area contributed by atoms with Gasteiger partial charge in [0.1, 0.15) is 0 Å². The van der Waals surface area contributed by atoms with E-state index < -0.39 is 0 Å². The number of fused-ring (bicyclic) bond motifs is 1. The Labute approximate surface area is 83.8 Å². The molecule has 2 rings (SSSR count). The van der Waals surface area contributed by atoms with Crippen molar-refractivity contribution in [3.05, 3.63) is 42.1 Å². The number of hydrogen-bond donors (Lipinski definition) is 1. The molecule has 1 heterocycles. The van der Waals surface area contributed by atoms with Crippen LogP contribution >= 0.6 is 0 Å². The van der Waals surface area contributed by atoms with E-state index in [1.807, 2.05) is 31.3 Å². The SMILES string of the molecule is C[C@H](N)Cc1cnc2ccccc2c1. The topological polar surface area (TPSA) is 38.9 Å². The smallest absolute Gasteiger partial charge is 0.0702 e. The highest BCUT2D eigenvalue weighted by Crippen LogP contribution is 2.13. The predicted molar refractivity (Wildman–Crippen MR) is 59.1 cm³/mol. The zero-order valence-electron chi connectivity index (χ0n) is 8.27. The molecule has 0 bridgehead atoms. The molecule has 2 nitrogen and oxygen atoms in total. The van der Waals surface area contributed by atoms with E-state index in [0.717, 1.165) is 11.9 Å². The van der Waals surface area contributed by atoms with Crippen molar-refractivity contribution >= 4 is 10.9 Å². The minimum atomic E-state index is 0.193. The summed E-state index contributed by atoms with van der Waals surface area (Å²) >= 11 is 0. The molecule has 14 heavy (non-hydrogen) atoms. The molecule has 2 N–H and O–H groups in total. The molecule has 0 unspecified atom stereocenters. The number of rotatable bonds is 2. The van der Waals surface area contributed by atoms with Crippen molar-refractivity contribution in [2.75, 3.05) is 0 Å². The summed E-state index contributed by atoms with van der Waals surface area (Å²) < 4.78 is 0. The van der Waals surface area contributed by atoms with Gasteiger partial charge in [-0.15, -0.1) is 0 Å². The molecule has 0 aliphatic carbocycles. The van der Waals surface area contributed by atoms with Gasteiger partial charge in [-0.3, -0.25) is 4.98 Å². The first-order valence-corrected chi connectivity index (χ1v) is 4.85. The molecule has 0 fully saturated rings. The van der Waals surface area contributed by atoms with E-state index in [1.165, 1.54) is 10.9 Å². The summed E-state index contributed by atoms with van der Waals surface area (Å²) in [6.07, 6.45) is 2.80. The second kappa shape index (κ2) is 3.76. The maximum Gasteiger partial charge on any atom is 0.0702 e. The molecular formula is C12H14N2. The third-order valence-electron chi connectivity index (χ3n) is 2.20. The van der Waals surface area contributed by atoms with E-state index in [-0.39, 0.29) is 6.04 Å². The monoisotopic (exact) mass is 186 g/mol. The first-order chi connectivity index (χ1) is 6.75. The molecule has 0 amide bonds. The van der Waals surface area contributed by atoms with Crippen LogP contribution in [0.2, 0.25) is 0 Å². The fourth-order valence-electron chi connectivity index (χ4n) is 1.60. The molecule has 0 spiro atoms. The number of para-hydroxylation sites is 1. The first-order valence-electron chi connectivity index (χ1n) is 4.85. The van der Waals surface area contributed by atoms with Gasteiger partial charge in [0.05, 0.1) is 5.52 Å². The third kappa shape index (κ3) is 1.91. The molecule has 0 aliphatic heterocycles. The van der Waals surface area contributed by atoms with Gasteiger partial charge in [0, 0.05) is 17.6 Å². The van der Waals surface area contributed by atoms with Gasteiger partial charge < -0.3 is 5.73 Å². The lowest BCUT2D eigenvalue weighted by Crippen LogP contribution is -2.17. The van der Waals surface area contributed by atoms with Crippen LogP contribution in [-0.4, -0.2) is 11.0 Å². The maximum absolute atomic E-state index is 5.74. The minimum Gasteiger partial charge on any atom is -0.328 e. The summed E-state index contributed by atoms with van der Waals surface area (Å²) in [5.41, 5.74) is 7.99. The van der Waals surface area contributed by atoms with Crippen LogP contribution in [0.1, 0.15) is 12.5 Å². The molecule has 0 saturated carbocycles. The summed E-state index contributed by atoms with van der Waals surface area (Å²) in [4.78, 5) is 4.38. The van der Waals surface area contributed by atoms with Gasteiger partial charge in [0.25, 0.3) is 0 Å². The van der Waals surface area contributed by atoms with Crippen LogP contribution in [0.25, 0.3) is 10.9 Å². The second-order valence-electron chi connectivity index (χ2n) is 3.72. The lowest BCUT2D eigenvalue weighted by atomic mass is 10.1. The Bertz CT molecular complexity index is 435. The van der Waals surface area contributed by atoms with E-state index in [1.54, 1.807) is 0 Å². The molecule has 2 aromatic rings. The number of pyridine rings is 1. The molecule has 0 aliphatic rings. The van der Waals surface area contributed by atoms with E-state index in [4.69, 9.17) is 5.73 Å². The molecular weight excluding hydrogens is 172 g/mol. The number of nitrogens with zero attached hydrogens (tertiary/aromatic N) is 1. The number of benzene rings is 1. The van der Waals surface area contributed by atoms with Crippen LogP contribution in [0, 0.1) is 0 Å². The quantitative estimate of drug-likeness (QED) is 0.780. The molecule has 1 aromatic carbocycles. The normalized spacial score (nSPS) is 13.0. The number of nitrogens with two attached hydrogens (primary N) is 1. The Hall–Kier alpha value is -1.41. The van der Waals surface area contributed by atoms with Gasteiger partial charge >= 0.3 is 0 Å². The van der Waals surface area contributed by atoms with Crippen LogP contribution in [-0.2, 0) is 6.42 Å². The van der Waals surface area contributed by atoms with Crippen molar-refractivity contribution in [1.82, 2.24) is 4.98 Å². The Morgan fingerprint density at radius 3 is 2.93 bits per heavy atom. The van der Waals surface area contributed by atoms with E-state index in [0.29, 0.717) is 0 Å². The van der Waals surface area contributed by atoms with Gasteiger partial charge in [-0.2, -0.15) is 0 Å². The fourth-order valence-corrected chi connectivity index (χ4v) is 1.60. The molecule has 72 valence electrons. The van der Waals surface area contributed by atoms with Gasteiger partial charge in [-0.05, 0) is 31.0 Å². The molecule has 0 saturated heterocycles. The Morgan fingerprint density at radius 1 is 1.36 bits per heavy atom. The van der Waals surface area contributed by atoms with Crippen molar-refractivity contribution in [3.63, 3.8) is 0 Å². The Balaban J connectivity index is 2.41. The predicted octanol–water partition coefficient (Wildman–Crippen LogP) is 2.12. The van der Waals surface area contributed by atoms with Gasteiger partial charge in [0.15, 0.2) is 0 Å². The summed E-state index contributed by atoms with van der Waals surface area (Å²) in [5.74, 6) is 0. The summed E-state index contributed by atoms with van der Waals surface area (Å²) in [5, 5.41) is 1.19. The summed E-state index contributed by atoms with van der Waals surface area (Å²) in [6.45, 7) is 2.01. The van der Waals surface area contributed by atoms with Gasteiger partial charge in [0.2, 0.25) is 0 Å². The van der Waals surface area contributed by atoms with E-state index in [2.05, 4.69) is 17.1 Å². The van der Waals surface area contributed by atoms with Crippen LogP contribution < -0.4 is 5.73 Å². The highest BCUT2D eigenvalue weighted by molar-refractivity contribution is 5.78. The third-order valence-corrected chi connectivity index (χ3v) is 2.20. The summed E-state index contributed by atoms with van der Waals surface area (Å²) in [7, 11) is 0.